The lowest BCUT2D eigenvalue weighted by Gasteiger charge is -2.39. The van der Waals surface area contributed by atoms with Crippen LogP contribution in [0.15, 0.2) is 24.4 Å². The van der Waals surface area contributed by atoms with Gasteiger partial charge in [-0.1, -0.05) is 13.0 Å². The van der Waals surface area contributed by atoms with Gasteiger partial charge < -0.3 is 10.2 Å². The summed E-state index contributed by atoms with van der Waals surface area (Å²) in [6, 6.07) is 6.75. The van der Waals surface area contributed by atoms with Crippen LogP contribution in [0.4, 0.5) is 5.82 Å². The molecule has 3 heteroatoms. The van der Waals surface area contributed by atoms with Gasteiger partial charge in [0.2, 0.25) is 0 Å². The van der Waals surface area contributed by atoms with Gasteiger partial charge in [-0.25, -0.2) is 4.98 Å². The summed E-state index contributed by atoms with van der Waals surface area (Å²) in [5, 5.41) is 3.30. The van der Waals surface area contributed by atoms with Crippen molar-refractivity contribution in [3.8, 4) is 0 Å². The van der Waals surface area contributed by atoms with Crippen molar-refractivity contribution in [3.63, 3.8) is 0 Å². The van der Waals surface area contributed by atoms with Gasteiger partial charge in [-0.3, -0.25) is 0 Å². The van der Waals surface area contributed by atoms with E-state index in [1.54, 1.807) is 0 Å². The van der Waals surface area contributed by atoms with Gasteiger partial charge >= 0.3 is 0 Å². The predicted octanol–water partition coefficient (Wildman–Crippen LogP) is 1.27. The molecule has 1 aliphatic heterocycles. The zero-order chi connectivity index (χ0) is 9.80. The first-order valence-corrected chi connectivity index (χ1v) is 5.30. The van der Waals surface area contributed by atoms with Gasteiger partial charge in [-0.2, -0.15) is 0 Å². The third kappa shape index (κ3) is 1.87. The first kappa shape index (κ1) is 9.46. The number of pyridine rings is 1. The summed E-state index contributed by atoms with van der Waals surface area (Å²) >= 11 is 0. The monoisotopic (exact) mass is 191 g/mol. The fourth-order valence-electron chi connectivity index (χ4n) is 1.74. The summed E-state index contributed by atoms with van der Waals surface area (Å²) in [5.41, 5.74) is 0. The van der Waals surface area contributed by atoms with E-state index < -0.39 is 0 Å². The molecule has 1 N–H and O–H groups in total. The van der Waals surface area contributed by atoms with E-state index in [0.29, 0.717) is 6.04 Å². The number of hydrogen-bond donors (Lipinski definition) is 1. The van der Waals surface area contributed by atoms with Gasteiger partial charge in [-0.15, -0.1) is 0 Å². The van der Waals surface area contributed by atoms with Gasteiger partial charge in [0, 0.05) is 25.8 Å². The smallest absolute Gasteiger partial charge is 0.128 e. The third-order valence-electron chi connectivity index (χ3n) is 2.61. The molecular weight excluding hydrogens is 174 g/mol. The van der Waals surface area contributed by atoms with Gasteiger partial charge in [0.1, 0.15) is 5.82 Å². The minimum atomic E-state index is 0.643. The van der Waals surface area contributed by atoms with Gasteiger partial charge in [0.05, 0.1) is 6.04 Å². The highest BCUT2D eigenvalue weighted by atomic mass is 15.3. The lowest BCUT2D eigenvalue weighted by molar-refractivity contribution is 0.410. The Morgan fingerprint density at radius 2 is 2.36 bits per heavy atom. The minimum absolute atomic E-state index is 0.643. The summed E-state index contributed by atoms with van der Waals surface area (Å²) in [7, 11) is 0. The zero-order valence-corrected chi connectivity index (χ0v) is 8.61. The van der Waals surface area contributed by atoms with E-state index in [1.807, 2.05) is 12.3 Å². The Bertz CT molecular complexity index is 269. The molecular formula is C11H17N3. The largest absolute Gasteiger partial charge is 0.351 e. The number of anilines is 1. The Hall–Kier alpha value is -1.09. The van der Waals surface area contributed by atoms with Crippen LogP contribution in [0, 0.1) is 0 Å². The molecule has 76 valence electrons. The molecule has 0 spiro atoms. The molecule has 3 nitrogen and oxygen atoms in total. The molecule has 1 aromatic heterocycles. The highest BCUT2D eigenvalue weighted by Gasteiger charge is 2.24. The summed E-state index contributed by atoms with van der Waals surface area (Å²) in [6.07, 6.45) is 3.04. The second kappa shape index (κ2) is 4.42. The fourth-order valence-corrected chi connectivity index (χ4v) is 1.74. The average Bonchev–Trinajstić information content (AvgIpc) is 2.16. The molecule has 0 unspecified atom stereocenters. The Labute approximate surface area is 85.1 Å². The molecule has 1 fully saturated rings. The Balaban J connectivity index is 2.09. The molecule has 0 saturated carbocycles. The Morgan fingerprint density at radius 3 is 2.86 bits per heavy atom. The second-order valence-electron chi connectivity index (χ2n) is 3.69. The van der Waals surface area contributed by atoms with Crippen molar-refractivity contribution in [1.29, 1.82) is 0 Å². The van der Waals surface area contributed by atoms with Crippen molar-refractivity contribution in [2.75, 3.05) is 24.5 Å². The van der Waals surface area contributed by atoms with Crippen LogP contribution in [-0.4, -0.2) is 30.7 Å². The van der Waals surface area contributed by atoms with Gasteiger partial charge in [0.25, 0.3) is 0 Å². The second-order valence-corrected chi connectivity index (χ2v) is 3.69. The molecule has 1 aliphatic rings. The normalized spacial score (nSPS) is 16.4. The molecule has 0 amide bonds. The van der Waals surface area contributed by atoms with Gasteiger partial charge in [0.15, 0.2) is 0 Å². The van der Waals surface area contributed by atoms with Crippen LogP contribution >= 0.6 is 0 Å². The molecule has 0 radical (unpaired) electrons. The molecule has 0 atom stereocenters. The Morgan fingerprint density at radius 1 is 1.50 bits per heavy atom. The molecule has 0 aromatic carbocycles. The summed E-state index contributed by atoms with van der Waals surface area (Å²) < 4.78 is 0. The van der Waals surface area contributed by atoms with E-state index in [4.69, 9.17) is 0 Å². The van der Waals surface area contributed by atoms with Crippen molar-refractivity contribution in [3.05, 3.63) is 24.4 Å². The van der Waals surface area contributed by atoms with E-state index in [2.05, 4.69) is 34.3 Å². The van der Waals surface area contributed by atoms with E-state index in [0.717, 1.165) is 25.5 Å². The molecule has 0 bridgehead atoms. The van der Waals surface area contributed by atoms with E-state index in [1.165, 1.54) is 6.42 Å². The van der Waals surface area contributed by atoms with Gasteiger partial charge in [-0.05, 0) is 18.6 Å². The summed E-state index contributed by atoms with van der Waals surface area (Å²) in [4.78, 5) is 6.80. The maximum absolute atomic E-state index is 4.40. The summed E-state index contributed by atoms with van der Waals surface area (Å²) in [5.74, 6) is 1.11. The number of hydrogen-bond acceptors (Lipinski definition) is 3. The van der Waals surface area contributed by atoms with Crippen LogP contribution < -0.4 is 10.2 Å². The minimum Gasteiger partial charge on any atom is -0.351 e. The van der Waals surface area contributed by atoms with E-state index in [9.17, 15) is 0 Å². The quantitative estimate of drug-likeness (QED) is 0.777. The topological polar surface area (TPSA) is 28.2 Å². The highest BCUT2D eigenvalue weighted by Crippen LogP contribution is 2.15. The number of rotatable bonds is 4. The maximum atomic E-state index is 4.40. The molecule has 1 aromatic rings. The van der Waals surface area contributed by atoms with E-state index >= 15 is 0 Å². The maximum Gasteiger partial charge on any atom is 0.128 e. The molecule has 2 heterocycles. The zero-order valence-electron chi connectivity index (χ0n) is 8.61. The third-order valence-corrected chi connectivity index (χ3v) is 2.61. The number of aromatic nitrogens is 1. The fraction of sp³-hybridized carbons (Fsp3) is 0.545. The summed E-state index contributed by atoms with van der Waals surface area (Å²) in [6.45, 7) is 5.50. The van der Waals surface area contributed by atoms with Crippen molar-refractivity contribution in [1.82, 2.24) is 10.3 Å². The number of nitrogens with zero attached hydrogens (tertiary/aromatic N) is 2. The molecule has 2 rings (SSSR count). The van der Waals surface area contributed by atoms with Crippen molar-refractivity contribution in [2.45, 2.75) is 19.4 Å². The van der Waals surface area contributed by atoms with Crippen LogP contribution in [-0.2, 0) is 0 Å². The molecule has 14 heavy (non-hydrogen) atoms. The lowest BCUT2D eigenvalue weighted by atomic mass is 10.1. The van der Waals surface area contributed by atoms with Crippen molar-refractivity contribution in [2.24, 2.45) is 0 Å². The molecule has 0 aliphatic carbocycles. The van der Waals surface area contributed by atoms with Crippen molar-refractivity contribution >= 4 is 5.82 Å². The first-order valence-electron chi connectivity index (χ1n) is 5.30. The van der Waals surface area contributed by atoms with Crippen LogP contribution in [0.2, 0.25) is 0 Å². The van der Waals surface area contributed by atoms with Crippen LogP contribution in [0.5, 0.6) is 0 Å². The van der Waals surface area contributed by atoms with Crippen molar-refractivity contribution < 1.29 is 0 Å². The van der Waals surface area contributed by atoms with Crippen LogP contribution in [0.1, 0.15) is 13.3 Å². The standard InChI is InChI=1S/C11H17N3/c1-2-7-14(10-8-12-9-10)11-5-3-4-6-13-11/h3-6,10,12H,2,7-9H2,1H3. The first-order chi connectivity index (χ1) is 6.92. The van der Waals surface area contributed by atoms with Crippen LogP contribution in [0.25, 0.3) is 0 Å². The highest BCUT2D eigenvalue weighted by molar-refractivity contribution is 5.40. The predicted molar refractivity (Wildman–Crippen MR) is 58.5 cm³/mol. The average molecular weight is 191 g/mol. The lowest BCUT2D eigenvalue weighted by Crippen LogP contribution is -2.57. The van der Waals surface area contributed by atoms with Crippen LogP contribution in [0.3, 0.4) is 0 Å². The van der Waals surface area contributed by atoms with E-state index in [-0.39, 0.29) is 0 Å². The molecule has 1 saturated heterocycles. The SMILES string of the molecule is CCCN(c1ccccn1)C1CNC1. The number of nitrogens with one attached hydrogen (secondary N) is 1. The Kier molecular flexibility index (Phi) is 2.99.